The lowest BCUT2D eigenvalue weighted by Crippen LogP contribution is -2.34. The third-order valence-corrected chi connectivity index (χ3v) is 5.01. The molecule has 2 aromatic rings. The molecule has 1 heterocycles. The number of amides is 2. The monoisotopic (exact) mass is 467 g/mol. The van der Waals surface area contributed by atoms with Crippen molar-refractivity contribution in [1.29, 1.82) is 0 Å². The smallest absolute Gasteiger partial charge is 0.278 e. The molecule has 0 saturated carbocycles. The third-order valence-electron chi connectivity index (χ3n) is 5.01. The van der Waals surface area contributed by atoms with Gasteiger partial charge in [-0.15, -0.1) is 0 Å². The van der Waals surface area contributed by atoms with E-state index >= 15 is 0 Å². The molecule has 0 atom stereocenters. The molecule has 1 aliphatic heterocycles. The van der Waals surface area contributed by atoms with E-state index in [0.717, 1.165) is 0 Å². The number of rotatable bonds is 11. The highest BCUT2D eigenvalue weighted by molar-refractivity contribution is 6.36. The number of carbonyl (C=O) groups excluding carboxylic acids is 2. The van der Waals surface area contributed by atoms with Gasteiger partial charge in [0.25, 0.3) is 17.5 Å². The Kier molecular flexibility index (Phi) is 8.01. The average molecular weight is 468 g/mol. The molecule has 0 fully saturated rings. The Morgan fingerprint density at radius 1 is 0.941 bits per heavy atom. The molecule has 0 aromatic heterocycles. The van der Waals surface area contributed by atoms with Crippen LogP contribution in [0.2, 0.25) is 0 Å². The Labute approximate surface area is 198 Å². The Morgan fingerprint density at radius 2 is 1.59 bits per heavy atom. The second-order valence-electron chi connectivity index (χ2n) is 8.41. The van der Waals surface area contributed by atoms with Crippen LogP contribution in [0.3, 0.4) is 0 Å². The van der Waals surface area contributed by atoms with E-state index in [4.69, 9.17) is 9.47 Å². The summed E-state index contributed by atoms with van der Waals surface area (Å²) in [7, 11) is 0. The highest BCUT2D eigenvalue weighted by Crippen LogP contribution is 2.32. The molecule has 1 N–H and O–H groups in total. The summed E-state index contributed by atoms with van der Waals surface area (Å²) < 4.78 is 11.2. The molecule has 0 aliphatic carbocycles. The zero-order chi connectivity index (χ0) is 24.8. The SMILES string of the molecule is CC(C)OCCCN1C(=O)C(Nc2ccc(OC(C)C)cc2)=C(c2ccc([N+](=O)[O-])cc2)C1=O. The molecule has 0 radical (unpaired) electrons. The van der Waals surface area contributed by atoms with Gasteiger partial charge in [0.15, 0.2) is 0 Å². The van der Waals surface area contributed by atoms with Gasteiger partial charge in [-0.3, -0.25) is 24.6 Å². The van der Waals surface area contributed by atoms with Crippen molar-refractivity contribution in [2.75, 3.05) is 18.5 Å². The van der Waals surface area contributed by atoms with Crippen LogP contribution in [0.25, 0.3) is 5.57 Å². The molecule has 2 aromatic carbocycles. The summed E-state index contributed by atoms with van der Waals surface area (Å²) >= 11 is 0. The van der Waals surface area contributed by atoms with Gasteiger partial charge in [-0.05, 0) is 76.1 Å². The molecule has 9 heteroatoms. The highest BCUT2D eigenvalue weighted by atomic mass is 16.6. The van der Waals surface area contributed by atoms with Gasteiger partial charge in [-0.2, -0.15) is 0 Å². The van der Waals surface area contributed by atoms with Crippen molar-refractivity contribution >= 4 is 28.8 Å². The number of anilines is 1. The van der Waals surface area contributed by atoms with Crippen LogP contribution in [0, 0.1) is 10.1 Å². The van der Waals surface area contributed by atoms with Gasteiger partial charge >= 0.3 is 0 Å². The van der Waals surface area contributed by atoms with Crippen LogP contribution in [-0.2, 0) is 14.3 Å². The summed E-state index contributed by atoms with van der Waals surface area (Å²) in [6, 6.07) is 12.7. The summed E-state index contributed by atoms with van der Waals surface area (Å²) in [6.45, 7) is 8.31. The number of benzene rings is 2. The summed E-state index contributed by atoms with van der Waals surface area (Å²) in [6.07, 6.45) is 0.578. The van der Waals surface area contributed by atoms with Crippen molar-refractivity contribution in [3.05, 3.63) is 69.9 Å². The van der Waals surface area contributed by atoms with Crippen LogP contribution in [0.4, 0.5) is 11.4 Å². The molecular weight excluding hydrogens is 438 g/mol. The first-order valence-electron chi connectivity index (χ1n) is 11.2. The molecule has 3 rings (SSSR count). The van der Waals surface area contributed by atoms with Crippen molar-refractivity contribution in [3.63, 3.8) is 0 Å². The van der Waals surface area contributed by atoms with Crippen molar-refractivity contribution < 1.29 is 24.0 Å². The average Bonchev–Trinajstić information content (AvgIpc) is 3.01. The lowest BCUT2D eigenvalue weighted by molar-refractivity contribution is -0.384. The number of non-ortho nitro benzene ring substituents is 1. The van der Waals surface area contributed by atoms with Gasteiger partial charge in [0.05, 0.1) is 22.7 Å². The number of nitro groups is 1. The van der Waals surface area contributed by atoms with E-state index in [1.54, 1.807) is 24.3 Å². The minimum Gasteiger partial charge on any atom is -0.491 e. The molecule has 180 valence electrons. The Morgan fingerprint density at radius 3 is 2.15 bits per heavy atom. The first kappa shape index (κ1) is 24.9. The van der Waals surface area contributed by atoms with Crippen LogP contribution in [0.1, 0.15) is 39.7 Å². The number of hydrogen-bond donors (Lipinski definition) is 1. The fourth-order valence-corrected chi connectivity index (χ4v) is 3.49. The zero-order valence-electron chi connectivity index (χ0n) is 19.7. The molecular formula is C25H29N3O6. The van der Waals surface area contributed by atoms with Crippen LogP contribution in [-0.4, -0.2) is 47.0 Å². The molecule has 0 spiro atoms. The van der Waals surface area contributed by atoms with E-state index in [1.807, 2.05) is 27.7 Å². The third kappa shape index (κ3) is 5.99. The fraction of sp³-hybridized carbons (Fsp3) is 0.360. The molecule has 1 aliphatic rings. The largest absolute Gasteiger partial charge is 0.491 e. The first-order valence-corrected chi connectivity index (χ1v) is 11.2. The zero-order valence-corrected chi connectivity index (χ0v) is 19.7. The van der Waals surface area contributed by atoms with Gasteiger partial charge in [0.2, 0.25) is 0 Å². The minimum absolute atomic E-state index is 0.0255. The molecule has 2 amide bonds. The number of carbonyl (C=O) groups is 2. The lowest BCUT2D eigenvalue weighted by atomic mass is 10.0. The van der Waals surface area contributed by atoms with E-state index in [2.05, 4.69) is 5.32 Å². The van der Waals surface area contributed by atoms with E-state index in [0.29, 0.717) is 30.0 Å². The van der Waals surface area contributed by atoms with Crippen molar-refractivity contribution in [2.24, 2.45) is 0 Å². The topological polar surface area (TPSA) is 111 Å². The second kappa shape index (κ2) is 10.9. The van der Waals surface area contributed by atoms with Crippen molar-refractivity contribution in [2.45, 2.75) is 46.3 Å². The van der Waals surface area contributed by atoms with Gasteiger partial charge in [-0.25, -0.2) is 0 Å². The summed E-state index contributed by atoms with van der Waals surface area (Å²) in [4.78, 5) is 38.2. The molecule has 34 heavy (non-hydrogen) atoms. The standard InChI is InChI=1S/C25H29N3O6/c1-16(2)33-15-5-14-27-24(29)22(18-6-10-20(11-7-18)28(31)32)23(25(27)30)26-19-8-12-21(13-9-19)34-17(3)4/h6-13,16-17,26H,5,14-15H2,1-4H3. The van der Waals surface area contributed by atoms with Crippen LogP contribution in [0.15, 0.2) is 54.2 Å². The van der Waals surface area contributed by atoms with Gasteiger partial charge < -0.3 is 14.8 Å². The van der Waals surface area contributed by atoms with E-state index < -0.39 is 16.7 Å². The second-order valence-corrected chi connectivity index (χ2v) is 8.41. The summed E-state index contributed by atoms with van der Waals surface area (Å²) in [5, 5.41) is 14.1. The van der Waals surface area contributed by atoms with Gasteiger partial charge in [-0.1, -0.05) is 0 Å². The lowest BCUT2D eigenvalue weighted by Gasteiger charge is -2.16. The number of nitrogens with zero attached hydrogens (tertiary/aromatic N) is 2. The molecule has 0 bridgehead atoms. The minimum atomic E-state index is -0.513. The number of nitrogens with one attached hydrogen (secondary N) is 1. The van der Waals surface area contributed by atoms with E-state index in [9.17, 15) is 19.7 Å². The summed E-state index contributed by atoms with van der Waals surface area (Å²) in [5.74, 6) is -0.221. The normalized spacial score (nSPS) is 13.9. The maximum Gasteiger partial charge on any atom is 0.278 e. The Balaban J connectivity index is 1.89. The number of hydrogen-bond acceptors (Lipinski definition) is 7. The maximum atomic E-state index is 13.3. The van der Waals surface area contributed by atoms with Gasteiger partial charge in [0, 0.05) is 31.0 Å². The van der Waals surface area contributed by atoms with Crippen LogP contribution < -0.4 is 10.1 Å². The Bertz CT molecular complexity index is 1070. The van der Waals surface area contributed by atoms with E-state index in [-0.39, 0.29) is 35.7 Å². The van der Waals surface area contributed by atoms with Crippen LogP contribution >= 0.6 is 0 Å². The van der Waals surface area contributed by atoms with E-state index in [1.165, 1.54) is 29.2 Å². The van der Waals surface area contributed by atoms with Crippen molar-refractivity contribution in [3.8, 4) is 5.75 Å². The number of ether oxygens (including phenoxy) is 2. The predicted octanol–water partition coefficient (Wildman–Crippen LogP) is 4.39. The number of imide groups is 1. The fourth-order valence-electron chi connectivity index (χ4n) is 3.49. The predicted molar refractivity (Wildman–Crippen MR) is 128 cm³/mol. The first-order chi connectivity index (χ1) is 16.2. The molecule has 9 nitrogen and oxygen atoms in total. The maximum absolute atomic E-state index is 13.3. The molecule has 0 saturated heterocycles. The molecule has 0 unspecified atom stereocenters. The highest BCUT2D eigenvalue weighted by Gasteiger charge is 2.39. The Hall–Kier alpha value is -3.72. The van der Waals surface area contributed by atoms with Crippen LogP contribution in [0.5, 0.6) is 5.75 Å². The number of nitro benzene ring substituents is 1. The van der Waals surface area contributed by atoms with Crippen molar-refractivity contribution in [1.82, 2.24) is 4.90 Å². The summed E-state index contributed by atoms with van der Waals surface area (Å²) in [5.41, 5.74) is 1.23. The van der Waals surface area contributed by atoms with Gasteiger partial charge in [0.1, 0.15) is 11.4 Å². The quantitative estimate of drug-likeness (QED) is 0.226.